The molecule has 0 spiro atoms. The van der Waals surface area contributed by atoms with Gasteiger partial charge in [0.1, 0.15) is 12.3 Å². The van der Waals surface area contributed by atoms with E-state index in [1.807, 2.05) is 31.2 Å². The first-order valence-electron chi connectivity index (χ1n) is 6.01. The number of carbonyl (C=O) groups excluding carboxylic acids is 1. The van der Waals surface area contributed by atoms with Crippen molar-refractivity contribution in [2.24, 2.45) is 7.05 Å². The van der Waals surface area contributed by atoms with Crippen LogP contribution in [0.4, 0.5) is 5.69 Å². The lowest BCUT2D eigenvalue weighted by Gasteiger charge is -2.05. The Morgan fingerprint density at radius 1 is 1.40 bits per heavy atom. The highest BCUT2D eigenvalue weighted by Gasteiger charge is 2.18. The second kappa shape index (κ2) is 5.56. The van der Waals surface area contributed by atoms with Gasteiger partial charge in [0.2, 0.25) is 0 Å². The molecule has 0 saturated carbocycles. The summed E-state index contributed by atoms with van der Waals surface area (Å²) in [6.45, 7) is 2.09. The minimum atomic E-state index is -0.581. The molecule has 0 aliphatic carbocycles. The van der Waals surface area contributed by atoms with Crippen LogP contribution in [0.2, 0.25) is 0 Å². The van der Waals surface area contributed by atoms with Crippen LogP contribution in [0.5, 0.6) is 0 Å². The van der Waals surface area contributed by atoms with E-state index < -0.39 is 10.9 Å². The molecule has 0 fully saturated rings. The Morgan fingerprint density at radius 2 is 2.15 bits per heavy atom. The fraction of sp³-hybridized carbons (Fsp3) is 0.214. The SMILES string of the molecule is Cc1cccc(COC(=O)c2cc([N+](=O)[O-])cn2C)c1. The quantitative estimate of drug-likeness (QED) is 0.488. The Bertz CT molecular complexity index is 661. The Morgan fingerprint density at radius 3 is 2.75 bits per heavy atom. The van der Waals surface area contributed by atoms with Gasteiger partial charge in [-0.1, -0.05) is 29.8 Å². The van der Waals surface area contributed by atoms with Crippen molar-refractivity contribution in [1.82, 2.24) is 4.57 Å². The highest BCUT2D eigenvalue weighted by Crippen LogP contribution is 2.16. The number of nitro groups is 1. The molecule has 0 N–H and O–H groups in total. The van der Waals surface area contributed by atoms with Crippen molar-refractivity contribution in [3.63, 3.8) is 0 Å². The molecule has 6 nitrogen and oxygen atoms in total. The van der Waals surface area contributed by atoms with Gasteiger partial charge in [-0.2, -0.15) is 0 Å². The monoisotopic (exact) mass is 274 g/mol. The number of rotatable bonds is 4. The molecule has 0 aliphatic heterocycles. The summed E-state index contributed by atoms with van der Waals surface area (Å²) in [7, 11) is 1.57. The first kappa shape index (κ1) is 13.8. The van der Waals surface area contributed by atoms with E-state index in [4.69, 9.17) is 4.74 Å². The molecular formula is C14H14N2O4. The smallest absolute Gasteiger partial charge is 0.355 e. The lowest BCUT2D eigenvalue weighted by molar-refractivity contribution is -0.384. The first-order valence-corrected chi connectivity index (χ1v) is 6.01. The van der Waals surface area contributed by atoms with Crippen LogP contribution in [-0.4, -0.2) is 15.5 Å². The van der Waals surface area contributed by atoms with Gasteiger partial charge in [-0.05, 0) is 12.5 Å². The molecule has 6 heteroatoms. The predicted octanol–water partition coefficient (Wildman–Crippen LogP) is 2.60. The van der Waals surface area contributed by atoms with Crippen molar-refractivity contribution in [3.05, 3.63) is 63.5 Å². The van der Waals surface area contributed by atoms with Gasteiger partial charge in [0.25, 0.3) is 5.69 Å². The van der Waals surface area contributed by atoms with Gasteiger partial charge in [0.05, 0.1) is 11.1 Å². The molecule has 1 aromatic heterocycles. The summed E-state index contributed by atoms with van der Waals surface area (Å²) in [6.07, 6.45) is 1.28. The van der Waals surface area contributed by atoms with E-state index in [9.17, 15) is 14.9 Å². The Labute approximate surface area is 115 Å². The second-order valence-electron chi connectivity index (χ2n) is 4.52. The largest absolute Gasteiger partial charge is 0.456 e. The van der Waals surface area contributed by atoms with Crippen molar-refractivity contribution in [1.29, 1.82) is 0 Å². The second-order valence-corrected chi connectivity index (χ2v) is 4.52. The lowest BCUT2D eigenvalue weighted by atomic mass is 10.1. The molecule has 0 atom stereocenters. The van der Waals surface area contributed by atoms with Crippen molar-refractivity contribution in [3.8, 4) is 0 Å². The maximum atomic E-state index is 11.9. The molecule has 2 rings (SSSR count). The number of esters is 1. The Balaban J connectivity index is 2.07. The van der Waals surface area contributed by atoms with Gasteiger partial charge in [0, 0.05) is 13.1 Å². The molecule has 0 bridgehead atoms. The number of ether oxygens (including phenoxy) is 1. The first-order chi connectivity index (χ1) is 9.47. The van der Waals surface area contributed by atoms with E-state index in [1.54, 1.807) is 7.05 Å². The number of benzene rings is 1. The molecule has 1 heterocycles. The standard InChI is InChI=1S/C14H14N2O4/c1-10-4-3-5-11(6-10)9-20-14(17)13-7-12(16(18)19)8-15(13)2/h3-8H,9H2,1-2H3. The lowest BCUT2D eigenvalue weighted by Crippen LogP contribution is -2.09. The normalized spacial score (nSPS) is 10.3. The Hall–Kier alpha value is -2.63. The van der Waals surface area contributed by atoms with Crippen LogP contribution < -0.4 is 0 Å². The van der Waals surface area contributed by atoms with Crippen LogP contribution in [-0.2, 0) is 18.4 Å². The van der Waals surface area contributed by atoms with Crippen LogP contribution >= 0.6 is 0 Å². The molecule has 0 aliphatic rings. The summed E-state index contributed by atoms with van der Waals surface area (Å²) >= 11 is 0. The van der Waals surface area contributed by atoms with Crippen molar-refractivity contribution < 1.29 is 14.5 Å². The highest BCUT2D eigenvalue weighted by atomic mass is 16.6. The molecule has 2 aromatic rings. The van der Waals surface area contributed by atoms with E-state index in [-0.39, 0.29) is 18.0 Å². The summed E-state index contributed by atoms with van der Waals surface area (Å²) in [5.74, 6) is -0.581. The topological polar surface area (TPSA) is 74.4 Å². The Kier molecular flexibility index (Phi) is 3.84. The molecular weight excluding hydrogens is 260 g/mol. The maximum absolute atomic E-state index is 11.9. The van der Waals surface area contributed by atoms with E-state index in [1.165, 1.54) is 16.8 Å². The van der Waals surface area contributed by atoms with Crippen LogP contribution in [0.3, 0.4) is 0 Å². The van der Waals surface area contributed by atoms with Crippen LogP contribution in [0.15, 0.2) is 36.5 Å². The number of carbonyl (C=O) groups is 1. The minimum absolute atomic E-state index is 0.130. The fourth-order valence-corrected chi connectivity index (χ4v) is 1.87. The van der Waals surface area contributed by atoms with Crippen molar-refractivity contribution in [2.45, 2.75) is 13.5 Å². The van der Waals surface area contributed by atoms with Crippen LogP contribution in [0.1, 0.15) is 21.6 Å². The van der Waals surface area contributed by atoms with E-state index in [2.05, 4.69) is 0 Å². The van der Waals surface area contributed by atoms with E-state index in [0.29, 0.717) is 0 Å². The molecule has 20 heavy (non-hydrogen) atoms. The summed E-state index contributed by atoms with van der Waals surface area (Å²) in [4.78, 5) is 22.0. The third-order valence-electron chi connectivity index (χ3n) is 2.86. The zero-order valence-electron chi connectivity index (χ0n) is 11.2. The third kappa shape index (κ3) is 3.03. The van der Waals surface area contributed by atoms with E-state index in [0.717, 1.165) is 11.1 Å². The molecule has 0 amide bonds. The van der Waals surface area contributed by atoms with Crippen LogP contribution in [0, 0.1) is 17.0 Å². The van der Waals surface area contributed by atoms with Gasteiger partial charge in [-0.25, -0.2) is 4.79 Å². The van der Waals surface area contributed by atoms with Gasteiger partial charge in [-0.3, -0.25) is 10.1 Å². The molecule has 0 unspecified atom stereocenters. The molecule has 1 aromatic carbocycles. The van der Waals surface area contributed by atoms with Crippen molar-refractivity contribution in [2.75, 3.05) is 0 Å². The average Bonchev–Trinajstić information content (AvgIpc) is 2.78. The number of hydrogen-bond donors (Lipinski definition) is 0. The van der Waals surface area contributed by atoms with Crippen LogP contribution in [0.25, 0.3) is 0 Å². The summed E-state index contributed by atoms with van der Waals surface area (Å²) < 4.78 is 6.55. The summed E-state index contributed by atoms with van der Waals surface area (Å²) in [5, 5.41) is 10.6. The molecule has 0 radical (unpaired) electrons. The van der Waals surface area contributed by atoms with Gasteiger partial charge >= 0.3 is 5.97 Å². The fourth-order valence-electron chi connectivity index (χ4n) is 1.87. The molecule has 0 saturated heterocycles. The summed E-state index contributed by atoms with van der Waals surface area (Å²) in [6, 6.07) is 8.81. The number of aromatic nitrogens is 1. The van der Waals surface area contributed by atoms with Gasteiger partial charge in [-0.15, -0.1) is 0 Å². The molecule has 104 valence electrons. The van der Waals surface area contributed by atoms with Crippen molar-refractivity contribution >= 4 is 11.7 Å². The zero-order chi connectivity index (χ0) is 14.7. The maximum Gasteiger partial charge on any atom is 0.355 e. The van der Waals surface area contributed by atoms with Gasteiger partial charge < -0.3 is 9.30 Å². The number of hydrogen-bond acceptors (Lipinski definition) is 4. The zero-order valence-corrected chi connectivity index (χ0v) is 11.2. The number of aryl methyl sites for hydroxylation is 2. The predicted molar refractivity (Wildman–Crippen MR) is 72.4 cm³/mol. The highest BCUT2D eigenvalue weighted by molar-refractivity contribution is 5.88. The minimum Gasteiger partial charge on any atom is -0.456 e. The third-order valence-corrected chi connectivity index (χ3v) is 2.86. The average molecular weight is 274 g/mol. The number of nitrogens with zero attached hydrogens (tertiary/aromatic N) is 2. The van der Waals surface area contributed by atoms with Gasteiger partial charge in [0.15, 0.2) is 0 Å². The van der Waals surface area contributed by atoms with E-state index >= 15 is 0 Å². The summed E-state index contributed by atoms with van der Waals surface area (Å²) in [5.41, 5.74) is 1.98.